The summed E-state index contributed by atoms with van der Waals surface area (Å²) in [6.45, 7) is 4.44. The number of hydrogen-bond acceptors (Lipinski definition) is 5. The predicted octanol–water partition coefficient (Wildman–Crippen LogP) is 2.58. The molecule has 1 aromatic rings. The molecule has 0 aromatic heterocycles. The highest BCUT2D eigenvalue weighted by Gasteiger charge is 2.24. The molecule has 1 aromatic carbocycles. The molecule has 0 bridgehead atoms. The van der Waals surface area contributed by atoms with Crippen molar-refractivity contribution in [1.29, 1.82) is 0 Å². The highest BCUT2D eigenvalue weighted by molar-refractivity contribution is 5.94. The second-order valence-electron chi connectivity index (χ2n) is 7.49. The molecule has 0 N–H and O–H groups in total. The lowest BCUT2D eigenvalue weighted by atomic mass is 9.89. The van der Waals surface area contributed by atoms with Crippen LogP contribution in [0, 0.1) is 5.92 Å². The first-order valence-electron chi connectivity index (χ1n) is 9.97. The number of ether oxygens (including phenoxy) is 2. The molecule has 0 unspecified atom stereocenters. The number of nitrogens with zero attached hydrogens (tertiary/aromatic N) is 2. The third-order valence-corrected chi connectivity index (χ3v) is 5.57. The van der Waals surface area contributed by atoms with Gasteiger partial charge in [0.15, 0.2) is 6.61 Å². The Hall–Kier alpha value is -2.08. The Bertz CT molecular complexity index is 635. The van der Waals surface area contributed by atoms with Crippen molar-refractivity contribution in [3.8, 4) is 5.75 Å². The lowest BCUT2D eigenvalue weighted by Gasteiger charge is -2.37. The molecule has 1 saturated carbocycles. The Morgan fingerprint density at radius 3 is 2.52 bits per heavy atom. The van der Waals surface area contributed by atoms with Crippen LogP contribution in [-0.2, 0) is 9.53 Å². The minimum atomic E-state index is -0.444. The Morgan fingerprint density at radius 1 is 1.07 bits per heavy atom. The van der Waals surface area contributed by atoms with Gasteiger partial charge in [0.05, 0.1) is 7.11 Å². The van der Waals surface area contributed by atoms with Crippen LogP contribution in [0.25, 0.3) is 0 Å². The van der Waals surface area contributed by atoms with Crippen LogP contribution in [0.3, 0.4) is 0 Å². The minimum Gasteiger partial charge on any atom is -0.482 e. The molecule has 0 radical (unpaired) electrons. The van der Waals surface area contributed by atoms with Crippen LogP contribution in [0.2, 0.25) is 0 Å². The Balaban J connectivity index is 1.49. The van der Waals surface area contributed by atoms with E-state index in [-0.39, 0.29) is 12.5 Å². The smallest absolute Gasteiger partial charge is 0.343 e. The largest absolute Gasteiger partial charge is 0.482 e. The van der Waals surface area contributed by atoms with Gasteiger partial charge in [0.2, 0.25) is 0 Å². The van der Waals surface area contributed by atoms with E-state index >= 15 is 0 Å². The molecule has 6 nitrogen and oxygen atoms in total. The lowest BCUT2D eigenvalue weighted by Crippen LogP contribution is -2.49. The van der Waals surface area contributed by atoms with Crippen LogP contribution in [0.4, 0.5) is 0 Å². The van der Waals surface area contributed by atoms with Gasteiger partial charge in [-0.3, -0.25) is 9.69 Å². The molecule has 27 heavy (non-hydrogen) atoms. The summed E-state index contributed by atoms with van der Waals surface area (Å²) in [6.07, 6.45) is 6.85. The standard InChI is InChI=1S/C21H30N2O4/c1-26-20(24)16-27-19-9-5-8-18(14-19)21(25)23-12-10-22(11-13-23)15-17-6-3-2-4-7-17/h5,8-9,14,17H,2-4,6-7,10-13,15-16H2,1H3. The quantitative estimate of drug-likeness (QED) is 0.717. The third-order valence-electron chi connectivity index (χ3n) is 5.57. The summed E-state index contributed by atoms with van der Waals surface area (Å²) in [5.74, 6) is 0.920. The number of esters is 1. The number of carbonyl (C=O) groups is 2. The minimum absolute atomic E-state index is 0.0239. The first-order valence-corrected chi connectivity index (χ1v) is 9.97. The van der Waals surface area contributed by atoms with Crippen LogP contribution in [0.15, 0.2) is 24.3 Å². The summed E-state index contributed by atoms with van der Waals surface area (Å²) < 4.78 is 9.95. The van der Waals surface area contributed by atoms with Crippen molar-refractivity contribution in [1.82, 2.24) is 9.80 Å². The van der Waals surface area contributed by atoms with Crippen molar-refractivity contribution < 1.29 is 19.1 Å². The molecule has 2 aliphatic rings. The molecular formula is C21H30N2O4. The molecule has 6 heteroatoms. The molecule has 2 fully saturated rings. The number of carbonyl (C=O) groups excluding carboxylic acids is 2. The lowest BCUT2D eigenvalue weighted by molar-refractivity contribution is -0.142. The van der Waals surface area contributed by atoms with Crippen molar-refractivity contribution in [2.45, 2.75) is 32.1 Å². The zero-order valence-corrected chi connectivity index (χ0v) is 16.2. The van der Waals surface area contributed by atoms with Gasteiger partial charge < -0.3 is 14.4 Å². The van der Waals surface area contributed by atoms with Crippen LogP contribution >= 0.6 is 0 Å². The number of methoxy groups -OCH3 is 1. The highest BCUT2D eigenvalue weighted by atomic mass is 16.6. The van der Waals surface area contributed by atoms with E-state index in [9.17, 15) is 9.59 Å². The predicted molar refractivity (Wildman–Crippen MR) is 103 cm³/mol. The summed E-state index contributed by atoms with van der Waals surface area (Å²) in [4.78, 5) is 28.4. The Kier molecular flexibility index (Phi) is 7.10. The SMILES string of the molecule is COC(=O)COc1cccc(C(=O)N2CCN(CC3CCCCC3)CC2)c1. The fourth-order valence-electron chi connectivity index (χ4n) is 3.97. The average molecular weight is 374 g/mol. The molecule has 1 aliphatic carbocycles. The van der Waals surface area contributed by atoms with Crippen molar-refractivity contribution in [2.75, 3.05) is 46.4 Å². The van der Waals surface area contributed by atoms with Gasteiger partial charge in [-0.1, -0.05) is 25.3 Å². The summed E-state index contributed by atoms with van der Waals surface area (Å²) in [5.41, 5.74) is 0.595. The molecule has 3 rings (SSSR count). The fourth-order valence-corrected chi connectivity index (χ4v) is 3.97. The molecule has 0 spiro atoms. The maximum absolute atomic E-state index is 12.8. The van der Waals surface area contributed by atoms with Gasteiger partial charge in [-0.05, 0) is 37.0 Å². The Morgan fingerprint density at radius 2 is 1.81 bits per heavy atom. The van der Waals surface area contributed by atoms with Crippen LogP contribution in [0.5, 0.6) is 5.75 Å². The van der Waals surface area contributed by atoms with Gasteiger partial charge in [-0.25, -0.2) is 4.79 Å². The number of hydrogen-bond donors (Lipinski definition) is 0. The molecule has 148 valence electrons. The summed E-state index contributed by atoms with van der Waals surface area (Å²) in [5, 5.41) is 0. The summed E-state index contributed by atoms with van der Waals surface area (Å²) in [7, 11) is 1.32. The molecule has 1 aliphatic heterocycles. The fraction of sp³-hybridized carbons (Fsp3) is 0.619. The van der Waals surface area contributed by atoms with Crippen molar-refractivity contribution in [3.63, 3.8) is 0 Å². The maximum atomic E-state index is 12.8. The highest BCUT2D eigenvalue weighted by Crippen LogP contribution is 2.25. The second kappa shape index (κ2) is 9.74. The molecule has 1 amide bonds. The number of amides is 1. The first kappa shape index (κ1) is 19.7. The Labute approximate surface area is 161 Å². The van der Waals surface area contributed by atoms with Gasteiger partial charge in [-0.2, -0.15) is 0 Å². The topological polar surface area (TPSA) is 59.1 Å². The number of rotatable bonds is 6. The molecular weight excluding hydrogens is 344 g/mol. The number of benzene rings is 1. The van der Waals surface area contributed by atoms with Gasteiger partial charge in [0, 0.05) is 38.3 Å². The third kappa shape index (κ3) is 5.70. The average Bonchev–Trinajstić information content (AvgIpc) is 2.73. The maximum Gasteiger partial charge on any atom is 0.343 e. The van der Waals surface area contributed by atoms with Crippen molar-refractivity contribution in [2.24, 2.45) is 5.92 Å². The normalized spacial score (nSPS) is 18.9. The van der Waals surface area contributed by atoms with Crippen LogP contribution in [0.1, 0.15) is 42.5 Å². The van der Waals surface area contributed by atoms with E-state index in [4.69, 9.17) is 4.74 Å². The molecule has 1 saturated heterocycles. The van der Waals surface area contributed by atoms with Crippen molar-refractivity contribution in [3.05, 3.63) is 29.8 Å². The van der Waals surface area contributed by atoms with E-state index in [2.05, 4.69) is 9.64 Å². The zero-order valence-electron chi connectivity index (χ0n) is 16.2. The van der Waals surface area contributed by atoms with E-state index in [1.807, 2.05) is 4.90 Å². The van der Waals surface area contributed by atoms with E-state index < -0.39 is 5.97 Å². The van der Waals surface area contributed by atoms with Gasteiger partial charge in [0.1, 0.15) is 5.75 Å². The second-order valence-corrected chi connectivity index (χ2v) is 7.49. The molecule has 0 atom stereocenters. The van der Waals surface area contributed by atoms with Gasteiger partial charge >= 0.3 is 5.97 Å². The summed E-state index contributed by atoms with van der Waals surface area (Å²) >= 11 is 0. The van der Waals surface area contributed by atoms with E-state index in [1.165, 1.54) is 45.8 Å². The van der Waals surface area contributed by atoms with Gasteiger partial charge in [-0.15, -0.1) is 0 Å². The molecule has 1 heterocycles. The zero-order chi connectivity index (χ0) is 19.1. The van der Waals surface area contributed by atoms with Gasteiger partial charge in [0.25, 0.3) is 5.91 Å². The first-order chi connectivity index (χ1) is 13.2. The van der Waals surface area contributed by atoms with E-state index in [1.54, 1.807) is 24.3 Å². The summed E-state index contributed by atoms with van der Waals surface area (Å²) in [6, 6.07) is 7.00. The van der Waals surface area contributed by atoms with E-state index in [0.717, 1.165) is 32.1 Å². The van der Waals surface area contributed by atoms with E-state index in [0.29, 0.717) is 11.3 Å². The number of piperazine rings is 1. The monoisotopic (exact) mass is 374 g/mol. The van der Waals surface area contributed by atoms with Crippen molar-refractivity contribution >= 4 is 11.9 Å². The van der Waals surface area contributed by atoms with Crippen LogP contribution < -0.4 is 4.74 Å². The van der Waals surface area contributed by atoms with Crippen LogP contribution in [-0.4, -0.2) is 68.1 Å².